The van der Waals surface area contributed by atoms with Crippen LogP contribution in [0.5, 0.6) is 0 Å². The van der Waals surface area contributed by atoms with Crippen LogP contribution in [0.4, 0.5) is 0 Å². The number of guanidine groups is 1. The van der Waals surface area contributed by atoms with Gasteiger partial charge in [0.1, 0.15) is 0 Å². The molecule has 5 heteroatoms. The molecule has 0 aliphatic carbocycles. The van der Waals surface area contributed by atoms with Gasteiger partial charge in [-0.25, -0.2) is 0 Å². The van der Waals surface area contributed by atoms with Crippen LogP contribution in [0.2, 0.25) is 5.02 Å². The molecule has 0 bridgehead atoms. The third-order valence-corrected chi connectivity index (χ3v) is 2.29. The zero-order chi connectivity index (χ0) is 9.26. The van der Waals surface area contributed by atoms with Crippen LogP contribution in [-0.4, -0.2) is 12.5 Å². The van der Waals surface area contributed by atoms with E-state index in [1.165, 1.54) is 0 Å². The molecule has 0 saturated heterocycles. The summed E-state index contributed by atoms with van der Waals surface area (Å²) in [5, 5.41) is 3.82. The summed E-state index contributed by atoms with van der Waals surface area (Å²) in [5.41, 5.74) is 6.67. The Balaban J connectivity index is 0.000000980. The summed E-state index contributed by atoms with van der Waals surface area (Å²) in [6.45, 7) is 0.702. The maximum atomic E-state index is 5.77. The first kappa shape index (κ1) is 11.3. The van der Waals surface area contributed by atoms with Crippen molar-refractivity contribution in [1.29, 1.82) is 0 Å². The molecule has 0 spiro atoms. The molecule has 1 aromatic carbocycles. The van der Waals surface area contributed by atoms with Gasteiger partial charge in [0.25, 0.3) is 0 Å². The van der Waals surface area contributed by atoms with E-state index in [0.29, 0.717) is 12.5 Å². The SMILES string of the molecule is Br.NC1=NCC(c2ccc(Cl)cc2)N1. The first-order valence-electron chi connectivity index (χ1n) is 4.07. The van der Waals surface area contributed by atoms with E-state index in [4.69, 9.17) is 17.3 Å². The fourth-order valence-corrected chi connectivity index (χ4v) is 1.47. The number of aliphatic imine (C=N–C) groups is 1. The largest absolute Gasteiger partial charge is 0.370 e. The Kier molecular flexibility index (Phi) is 3.77. The Morgan fingerprint density at radius 1 is 1.36 bits per heavy atom. The molecule has 1 aromatic rings. The lowest BCUT2D eigenvalue weighted by Crippen LogP contribution is -2.29. The number of nitrogens with zero attached hydrogens (tertiary/aromatic N) is 1. The summed E-state index contributed by atoms with van der Waals surface area (Å²) >= 11 is 5.77. The van der Waals surface area contributed by atoms with Crippen molar-refractivity contribution in [3.63, 3.8) is 0 Å². The van der Waals surface area contributed by atoms with Gasteiger partial charge in [0.05, 0.1) is 12.6 Å². The van der Waals surface area contributed by atoms with Crippen molar-refractivity contribution < 1.29 is 0 Å². The molecule has 0 radical (unpaired) electrons. The van der Waals surface area contributed by atoms with E-state index in [-0.39, 0.29) is 23.0 Å². The summed E-state index contributed by atoms with van der Waals surface area (Å²) < 4.78 is 0. The molecule has 0 fully saturated rings. The van der Waals surface area contributed by atoms with E-state index >= 15 is 0 Å². The topological polar surface area (TPSA) is 50.4 Å². The minimum atomic E-state index is 0. The predicted octanol–water partition coefficient (Wildman–Crippen LogP) is 1.88. The van der Waals surface area contributed by atoms with Gasteiger partial charge < -0.3 is 11.1 Å². The Morgan fingerprint density at radius 2 is 2.00 bits per heavy atom. The average molecular weight is 277 g/mol. The molecule has 3 N–H and O–H groups in total. The van der Waals surface area contributed by atoms with Gasteiger partial charge in [0, 0.05) is 5.02 Å². The second-order valence-electron chi connectivity index (χ2n) is 2.97. The average Bonchev–Trinajstić information content (AvgIpc) is 2.53. The Morgan fingerprint density at radius 3 is 2.50 bits per heavy atom. The molecule has 1 aliphatic heterocycles. The van der Waals surface area contributed by atoms with E-state index in [9.17, 15) is 0 Å². The van der Waals surface area contributed by atoms with Gasteiger partial charge in [-0.15, -0.1) is 17.0 Å². The standard InChI is InChI=1S/C9H10ClN3.BrH/c10-7-3-1-6(2-4-7)8-5-12-9(11)13-8;/h1-4,8H,5H2,(H3,11,12,13);1H. The number of rotatable bonds is 1. The summed E-state index contributed by atoms with van der Waals surface area (Å²) in [4.78, 5) is 4.07. The van der Waals surface area contributed by atoms with Crippen LogP contribution >= 0.6 is 28.6 Å². The van der Waals surface area contributed by atoms with E-state index in [0.717, 1.165) is 10.6 Å². The van der Waals surface area contributed by atoms with Gasteiger partial charge in [-0.05, 0) is 17.7 Å². The predicted molar refractivity (Wildman–Crippen MR) is 64.1 cm³/mol. The number of nitrogens with one attached hydrogen (secondary N) is 1. The highest BCUT2D eigenvalue weighted by Crippen LogP contribution is 2.18. The second kappa shape index (κ2) is 4.66. The third-order valence-electron chi connectivity index (χ3n) is 2.04. The zero-order valence-corrected chi connectivity index (χ0v) is 9.87. The minimum absolute atomic E-state index is 0. The van der Waals surface area contributed by atoms with Gasteiger partial charge in [-0.1, -0.05) is 23.7 Å². The molecule has 1 unspecified atom stereocenters. The van der Waals surface area contributed by atoms with Crippen LogP contribution in [0.15, 0.2) is 29.3 Å². The fraction of sp³-hybridized carbons (Fsp3) is 0.222. The van der Waals surface area contributed by atoms with Crippen LogP contribution in [-0.2, 0) is 0 Å². The van der Waals surface area contributed by atoms with Crippen LogP contribution in [0.3, 0.4) is 0 Å². The van der Waals surface area contributed by atoms with Crippen molar-refractivity contribution in [2.45, 2.75) is 6.04 Å². The first-order chi connectivity index (χ1) is 6.25. The Bertz CT molecular complexity index is 336. The highest BCUT2D eigenvalue weighted by molar-refractivity contribution is 8.93. The van der Waals surface area contributed by atoms with Crippen LogP contribution in [0.1, 0.15) is 11.6 Å². The maximum absolute atomic E-state index is 5.77. The molecule has 3 nitrogen and oxygen atoms in total. The monoisotopic (exact) mass is 275 g/mol. The van der Waals surface area contributed by atoms with Crippen molar-refractivity contribution in [2.24, 2.45) is 10.7 Å². The molecule has 2 rings (SSSR count). The summed E-state index contributed by atoms with van der Waals surface area (Å²) in [7, 11) is 0. The normalized spacial score (nSPS) is 19.5. The molecule has 1 heterocycles. The zero-order valence-electron chi connectivity index (χ0n) is 7.40. The van der Waals surface area contributed by atoms with Gasteiger partial charge in [0.2, 0.25) is 0 Å². The van der Waals surface area contributed by atoms with Crippen LogP contribution in [0.25, 0.3) is 0 Å². The minimum Gasteiger partial charge on any atom is -0.370 e. The highest BCUT2D eigenvalue weighted by Gasteiger charge is 2.16. The van der Waals surface area contributed by atoms with Gasteiger partial charge in [0.15, 0.2) is 5.96 Å². The van der Waals surface area contributed by atoms with Crippen molar-refractivity contribution in [3.05, 3.63) is 34.9 Å². The second-order valence-corrected chi connectivity index (χ2v) is 3.41. The lowest BCUT2D eigenvalue weighted by atomic mass is 10.1. The number of hydrogen-bond acceptors (Lipinski definition) is 3. The molecule has 14 heavy (non-hydrogen) atoms. The number of halogens is 2. The highest BCUT2D eigenvalue weighted by atomic mass is 79.9. The lowest BCUT2D eigenvalue weighted by Gasteiger charge is -2.10. The van der Waals surface area contributed by atoms with Gasteiger partial charge in [-0.2, -0.15) is 0 Å². The first-order valence-corrected chi connectivity index (χ1v) is 4.45. The lowest BCUT2D eigenvalue weighted by molar-refractivity contribution is 0.708. The van der Waals surface area contributed by atoms with Gasteiger partial charge in [-0.3, -0.25) is 4.99 Å². The van der Waals surface area contributed by atoms with Crippen molar-refractivity contribution in [2.75, 3.05) is 6.54 Å². The Labute approximate surface area is 98.1 Å². The van der Waals surface area contributed by atoms with Crippen LogP contribution < -0.4 is 11.1 Å². The maximum Gasteiger partial charge on any atom is 0.189 e. The van der Waals surface area contributed by atoms with E-state index in [1.807, 2.05) is 24.3 Å². The molecule has 0 aromatic heterocycles. The summed E-state index contributed by atoms with van der Waals surface area (Å²) in [6, 6.07) is 7.90. The molecular formula is C9H11BrClN3. The summed E-state index contributed by atoms with van der Waals surface area (Å²) in [6.07, 6.45) is 0. The van der Waals surface area contributed by atoms with Crippen molar-refractivity contribution in [3.8, 4) is 0 Å². The van der Waals surface area contributed by atoms with Crippen molar-refractivity contribution in [1.82, 2.24) is 5.32 Å². The number of hydrogen-bond donors (Lipinski definition) is 2. The van der Waals surface area contributed by atoms with E-state index in [1.54, 1.807) is 0 Å². The van der Waals surface area contributed by atoms with Gasteiger partial charge >= 0.3 is 0 Å². The molecule has 1 aliphatic rings. The third kappa shape index (κ3) is 2.39. The molecule has 76 valence electrons. The van der Waals surface area contributed by atoms with E-state index < -0.39 is 0 Å². The molecule has 1 atom stereocenters. The molecular weight excluding hydrogens is 265 g/mol. The Hall–Kier alpha value is -0.740. The van der Waals surface area contributed by atoms with E-state index in [2.05, 4.69) is 10.3 Å². The molecule has 0 saturated carbocycles. The quantitative estimate of drug-likeness (QED) is 0.823. The molecule has 0 amide bonds. The van der Waals surface area contributed by atoms with Crippen molar-refractivity contribution >= 4 is 34.5 Å². The summed E-state index contributed by atoms with van der Waals surface area (Å²) in [5.74, 6) is 0.514. The number of nitrogens with two attached hydrogens (primary N) is 1. The number of benzene rings is 1. The van der Waals surface area contributed by atoms with Crippen LogP contribution in [0, 0.1) is 0 Å². The smallest absolute Gasteiger partial charge is 0.189 e. The fourth-order valence-electron chi connectivity index (χ4n) is 1.34.